The second-order valence-corrected chi connectivity index (χ2v) is 11.3. The highest BCUT2D eigenvalue weighted by molar-refractivity contribution is 8.03. The molecule has 0 amide bonds. The van der Waals surface area contributed by atoms with Gasteiger partial charge in [0.25, 0.3) is 0 Å². The van der Waals surface area contributed by atoms with Crippen LogP contribution in [0.25, 0.3) is 0 Å². The van der Waals surface area contributed by atoms with Crippen LogP contribution < -0.4 is 9.62 Å². The highest BCUT2D eigenvalue weighted by Gasteiger charge is 2.39. The summed E-state index contributed by atoms with van der Waals surface area (Å²) < 4.78 is 8.37. The Kier molecular flexibility index (Phi) is 5.74. The number of nitrogens with zero attached hydrogens (tertiary/aromatic N) is 2. The molecule has 1 aliphatic carbocycles. The van der Waals surface area contributed by atoms with Gasteiger partial charge in [-0.1, -0.05) is 18.6 Å². The van der Waals surface area contributed by atoms with Crippen molar-refractivity contribution in [2.24, 2.45) is 5.41 Å². The topological polar surface area (TPSA) is 18.5 Å². The first-order valence-electron chi connectivity index (χ1n) is 9.36. The molecule has 6 heteroatoms. The Balaban J connectivity index is 1.39. The molecule has 1 aliphatic heterocycles. The maximum Gasteiger partial charge on any atom is 0.0820 e. The third-order valence-electron chi connectivity index (χ3n) is 5.57. The molecule has 0 bridgehead atoms. The van der Waals surface area contributed by atoms with Gasteiger partial charge in [-0.25, -0.2) is 0 Å². The van der Waals surface area contributed by atoms with Crippen LogP contribution in [0.5, 0.6) is 0 Å². The van der Waals surface area contributed by atoms with Crippen LogP contribution in [0, 0.1) is 5.41 Å². The number of hydrogen-bond donors (Lipinski definition) is 1. The molecule has 0 atom stereocenters. The average molecular weight is 406 g/mol. The van der Waals surface area contributed by atoms with E-state index in [-0.39, 0.29) is 0 Å². The van der Waals surface area contributed by atoms with Gasteiger partial charge in [-0.05, 0) is 93.4 Å². The number of piperidine rings is 1. The Hall–Kier alpha value is -0.820. The molecule has 1 saturated heterocycles. The summed E-state index contributed by atoms with van der Waals surface area (Å²) in [5, 5.41) is 0. The van der Waals surface area contributed by atoms with Crippen LogP contribution in [0.3, 0.4) is 0 Å². The number of para-hydroxylation sites is 2. The minimum atomic E-state index is 0.700. The minimum absolute atomic E-state index is 0.700. The summed E-state index contributed by atoms with van der Waals surface area (Å²) in [7, 11) is 4.16. The number of rotatable bonds is 6. The summed E-state index contributed by atoms with van der Waals surface area (Å²) in [6.07, 6.45) is 7.10. The van der Waals surface area contributed by atoms with E-state index in [9.17, 15) is 0 Å². The number of hydrogen-bond acceptors (Lipinski definition) is 6. The van der Waals surface area contributed by atoms with Gasteiger partial charge in [-0.2, -0.15) is 0 Å². The van der Waals surface area contributed by atoms with E-state index in [4.69, 9.17) is 0 Å². The van der Waals surface area contributed by atoms with E-state index >= 15 is 0 Å². The Morgan fingerprint density at radius 2 is 1.73 bits per heavy atom. The molecular weight excluding hydrogens is 378 g/mol. The smallest absolute Gasteiger partial charge is 0.0820 e. The first-order valence-corrected chi connectivity index (χ1v) is 11.8. The van der Waals surface area contributed by atoms with Gasteiger partial charge in [0.15, 0.2) is 0 Å². The van der Waals surface area contributed by atoms with Crippen molar-refractivity contribution >= 4 is 46.6 Å². The Labute approximate surface area is 169 Å². The number of thiophene rings is 1. The van der Waals surface area contributed by atoms with Crippen molar-refractivity contribution in [1.82, 2.24) is 4.31 Å². The van der Waals surface area contributed by atoms with Crippen molar-refractivity contribution in [3.8, 4) is 0 Å². The van der Waals surface area contributed by atoms with Gasteiger partial charge in [0.05, 0.1) is 19.8 Å². The van der Waals surface area contributed by atoms with Gasteiger partial charge in [0, 0.05) is 13.1 Å². The lowest BCUT2D eigenvalue weighted by Gasteiger charge is -2.48. The van der Waals surface area contributed by atoms with Crippen molar-refractivity contribution in [1.29, 1.82) is 0 Å². The molecule has 4 rings (SSSR count). The van der Waals surface area contributed by atoms with Crippen LogP contribution >= 0.6 is 35.2 Å². The van der Waals surface area contributed by atoms with Gasteiger partial charge in [-0.15, -0.1) is 11.3 Å². The molecule has 1 N–H and O–H groups in total. The lowest BCUT2D eigenvalue weighted by Crippen LogP contribution is -2.43. The second-order valence-electron chi connectivity index (χ2n) is 7.54. The third kappa shape index (κ3) is 4.19. The van der Waals surface area contributed by atoms with E-state index in [1.165, 1.54) is 65.0 Å². The van der Waals surface area contributed by atoms with E-state index in [0.717, 1.165) is 0 Å². The lowest BCUT2D eigenvalue weighted by molar-refractivity contribution is 0.0955. The van der Waals surface area contributed by atoms with Gasteiger partial charge in [-0.3, -0.25) is 4.31 Å². The highest BCUT2D eigenvalue weighted by atomic mass is 32.2. The molecule has 1 aromatic carbocycles. The third-order valence-corrected chi connectivity index (χ3v) is 8.56. The highest BCUT2D eigenvalue weighted by Crippen LogP contribution is 2.49. The molecule has 1 saturated carbocycles. The van der Waals surface area contributed by atoms with Crippen molar-refractivity contribution < 1.29 is 0 Å². The molecule has 1 aromatic heterocycles. The monoisotopic (exact) mass is 405 g/mol. The molecule has 2 heterocycles. The summed E-state index contributed by atoms with van der Waals surface area (Å²) in [5.74, 6) is 0. The normalized spacial score (nSPS) is 19.0. The molecule has 140 valence electrons. The molecule has 0 unspecified atom stereocenters. The van der Waals surface area contributed by atoms with Crippen LogP contribution in [-0.4, -0.2) is 31.5 Å². The minimum Gasteiger partial charge on any atom is -0.370 e. The number of benzene rings is 1. The predicted octanol–water partition coefficient (Wildman–Crippen LogP) is 6.21. The first kappa shape index (κ1) is 18.5. The molecular formula is C20H27N3S3. The van der Waals surface area contributed by atoms with E-state index in [2.05, 4.69) is 64.4 Å². The standard InChI is InChI=1S/C20H27N3S3/c1-22(2)26-19-9-8-18(24-19)25-21-16-6-3-4-7-17(16)23-14-12-20(13-15-23)10-5-11-20/h3-4,6-9,21H,5,10-15H2,1-2H3. The van der Waals surface area contributed by atoms with Gasteiger partial charge in [0.2, 0.25) is 0 Å². The van der Waals surface area contributed by atoms with Crippen LogP contribution in [0.2, 0.25) is 0 Å². The number of anilines is 2. The van der Waals surface area contributed by atoms with E-state index in [0.29, 0.717) is 5.41 Å². The van der Waals surface area contributed by atoms with Crippen molar-refractivity contribution in [2.75, 3.05) is 36.8 Å². The van der Waals surface area contributed by atoms with E-state index in [1.54, 1.807) is 23.9 Å². The van der Waals surface area contributed by atoms with Crippen LogP contribution in [0.1, 0.15) is 32.1 Å². The van der Waals surface area contributed by atoms with E-state index < -0.39 is 0 Å². The van der Waals surface area contributed by atoms with Crippen LogP contribution in [0.4, 0.5) is 11.4 Å². The van der Waals surface area contributed by atoms with Crippen molar-refractivity contribution in [2.45, 2.75) is 40.5 Å². The molecule has 2 aromatic rings. The molecule has 26 heavy (non-hydrogen) atoms. The molecule has 2 fully saturated rings. The summed E-state index contributed by atoms with van der Waals surface area (Å²) in [5.41, 5.74) is 3.29. The van der Waals surface area contributed by atoms with Gasteiger partial charge >= 0.3 is 0 Å². The summed E-state index contributed by atoms with van der Waals surface area (Å²) in [6, 6.07) is 13.2. The fraction of sp³-hybridized carbons (Fsp3) is 0.500. The maximum absolute atomic E-state index is 3.60. The quantitative estimate of drug-likeness (QED) is 0.574. The Morgan fingerprint density at radius 1 is 1.00 bits per heavy atom. The number of nitrogens with one attached hydrogen (secondary N) is 1. The maximum atomic E-state index is 3.60. The van der Waals surface area contributed by atoms with Crippen molar-refractivity contribution in [3.05, 3.63) is 36.4 Å². The fourth-order valence-electron chi connectivity index (χ4n) is 3.93. The Morgan fingerprint density at radius 3 is 2.42 bits per heavy atom. The van der Waals surface area contributed by atoms with Crippen LogP contribution in [-0.2, 0) is 0 Å². The molecule has 3 nitrogen and oxygen atoms in total. The van der Waals surface area contributed by atoms with Crippen LogP contribution in [0.15, 0.2) is 44.8 Å². The zero-order valence-corrected chi connectivity index (χ0v) is 18.0. The molecule has 0 radical (unpaired) electrons. The summed E-state index contributed by atoms with van der Waals surface area (Å²) >= 11 is 5.34. The van der Waals surface area contributed by atoms with E-state index in [1.807, 2.05) is 11.3 Å². The van der Waals surface area contributed by atoms with Gasteiger partial charge < -0.3 is 9.62 Å². The first-order chi connectivity index (χ1) is 12.6. The second kappa shape index (κ2) is 8.05. The SMILES string of the molecule is CN(C)Sc1ccc(SNc2ccccc2N2CCC3(CCC3)CC2)s1. The lowest BCUT2D eigenvalue weighted by atomic mass is 9.63. The van der Waals surface area contributed by atoms with Gasteiger partial charge in [0.1, 0.15) is 0 Å². The van der Waals surface area contributed by atoms with Crippen molar-refractivity contribution in [3.63, 3.8) is 0 Å². The predicted molar refractivity (Wildman–Crippen MR) is 118 cm³/mol. The molecule has 1 spiro atoms. The fourth-order valence-corrected chi connectivity index (χ4v) is 6.99. The molecule has 2 aliphatic rings. The zero-order valence-electron chi connectivity index (χ0n) is 15.5. The summed E-state index contributed by atoms with van der Waals surface area (Å²) in [6.45, 7) is 2.40. The largest absolute Gasteiger partial charge is 0.370 e. The summed E-state index contributed by atoms with van der Waals surface area (Å²) in [4.78, 5) is 2.58. The Bertz CT molecular complexity index is 729. The average Bonchev–Trinajstić information content (AvgIpc) is 3.06. The zero-order chi connectivity index (χ0) is 18.0.